The first kappa shape index (κ1) is 19.9. The van der Waals surface area contributed by atoms with Crippen LogP contribution in [0.25, 0.3) is 0 Å². The van der Waals surface area contributed by atoms with Crippen molar-refractivity contribution in [1.29, 1.82) is 0 Å². The molecule has 3 heterocycles. The number of hydrogen-bond donors (Lipinski definition) is 1. The van der Waals surface area contributed by atoms with E-state index in [1.54, 1.807) is 0 Å². The Kier molecular flexibility index (Phi) is 6.58. The van der Waals surface area contributed by atoms with Gasteiger partial charge >= 0.3 is 0 Å². The summed E-state index contributed by atoms with van der Waals surface area (Å²) >= 11 is 0. The first-order valence-corrected chi connectivity index (χ1v) is 10.4. The number of carbonyl (C=O) groups is 2. The first-order valence-electron chi connectivity index (χ1n) is 10.4. The number of piperazine rings is 1. The van der Waals surface area contributed by atoms with Gasteiger partial charge in [0.05, 0.1) is 0 Å². The highest BCUT2D eigenvalue weighted by atomic mass is 16.2. The zero-order valence-electron chi connectivity index (χ0n) is 17.1. The van der Waals surface area contributed by atoms with Gasteiger partial charge in [0, 0.05) is 51.4 Å². The minimum atomic E-state index is 0.0948. The van der Waals surface area contributed by atoms with Gasteiger partial charge in [0.25, 0.3) is 5.91 Å². The van der Waals surface area contributed by atoms with Gasteiger partial charge in [-0.3, -0.25) is 14.5 Å². The van der Waals surface area contributed by atoms with E-state index in [1.807, 2.05) is 29.7 Å². The molecule has 2 aliphatic heterocycles. The van der Waals surface area contributed by atoms with Gasteiger partial charge in [-0.1, -0.05) is 6.92 Å². The zero-order valence-corrected chi connectivity index (χ0v) is 17.1. The van der Waals surface area contributed by atoms with Gasteiger partial charge in [-0.15, -0.1) is 0 Å². The minimum Gasteiger partial charge on any atom is -0.354 e. The number of piperidine rings is 1. The Morgan fingerprint density at radius 3 is 2.26 bits per heavy atom. The summed E-state index contributed by atoms with van der Waals surface area (Å²) in [4.78, 5) is 34.9. The van der Waals surface area contributed by atoms with Gasteiger partial charge in [-0.05, 0) is 57.2 Å². The van der Waals surface area contributed by atoms with Crippen molar-refractivity contribution in [3.8, 4) is 0 Å². The Morgan fingerprint density at radius 1 is 1.04 bits per heavy atom. The maximum atomic E-state index is 12.7. The number of hydrogen-bond acceptors (Lipinski definition) is 3. The molecule has 0 saturated carbocycles. The number of nitrogens with one attached hydrogen (secondary N) is 1. The standard InChI is InChI=1S/C21H34N4O2/c1-4-7-23-10-12-24(13-11-23)19(26)15-18-5-8-25(9-6-18)21(27)20-16(2)14-17(3)22-20/h14,18,22H,4-13,15H2,1-3H3. The molecule has 2 aliphatic rings. The van der Waals surface area contributed by atoms with Crippen LogP contribution in [0.5, 0.6) is 0 Å². The van der Waals surface area contributed by atoms with Crippen molar-refractivity contribution < 1.29 is 9.59 Å². The molecule has 0 spiro atoms. The van der Waals surface area contributed by atoms with Crippen LogP contribution in [-0.4, -0.2) is 77.3 Å². The van der Waals surface area contributed by atoms with Crippen LogP contribution in [0.3, 0.4) is 0 Å². The molecule has 6 nitrogen and oxygen atoms in total. The molecule has 0 bridgehead atoms. The molecule has 1 N–H and O–H groups in total. The van der Waals surface area contributed by atoms with E-state index in [4.69, 9.17) is 0 Å². The van der Waals surface area contributed by atoms with Gasteiger partial charge in [0.2, 0.25) is 5.91 Å². The summed E-state index contributed by atoms with van der Waals surface area (Å²) in [5.74, 6) is 0.797. The van der Waals surface area contributed by atoms with Crippen molar-refractivity contribution in [2.75, 3.05) is 45.8 Å². The largest absolute Gasteiger partial charge is 0.354 e. The van der Waals surface area contributed by atoms with Crippen molar-refractivity contribution >= 4 is 11.8 Å². The van der Waals surface area contributed by atoms with Crippen LogP contribution < -0.4 is 0 Å². The lowest BCUT2D eigenvalue weighted by Crippen LogP contribution is -2.49. The van der Waals surface area contributed by atoms with Crippen molar-refractivity contribution in [3.63, 3.8) is 0 Å². The first-order chi connectivity index (χ1) is 13.0. The predicted octanol–water partition coefficient (Wildman–Crippen LogP) is 2.43. The quantitative estimate of drug-likeness (QED) is 0.861. The second-order valence-corrected chi connectivity index (χ2v) is 8.17. The highest BCUT2D eigenvalue weighted by Crippen LogP contribution is 2.24. The summed E-state index contributed by atoms with van der Waals surface area (Å²) in [6.45, 7) is 12.5. The van der Waals surface area contributed by atoms with Crippen LogP contribution in [0.2, 0.25) is 0 Å². The summed E-state index contributed by atoms with van der Waals surface area (Å²) in [6.07, 6.45) is 3.65. The van der Waals surface area contributed by atoms with Crippen LogP contribution in [0, 0.1) is 19.8 Å². The van der Waals surface area contributed by atoms with E-state index in [-0.39, 0.29) is 5.91 Å². The lowest BCUT2D eigenvalue weighted by Gasteiger charge is -2.36. The average Bonchev–Trinajstić information content (AvgIpc) is 3.01. The van der Waals surface area contributed by atoms with Crippen molar-refractivity contribution in [3.05, 3.63) is 23.0 Å². The highest BCUT2D eigenvalue weighted by molar-refractivity contribution is 5.94. The molecule has 0 radical (unpaired) electrons. The van der Waals surface area contributed by atoms with E-state index < -0.39 is 0 Å². The molecule has 2 amide bonds. The van der Waals surface area contributed by atoms with Crippen LogP contribution in [0.15, 0.2) is 6.07 Å². The van der Waals surface area contributed by atoms with Crippen LogP contribution in [0.1, 0.15) is 54.4 Å². The van der Waals surface area contributed by atoms with Crippen LogP contribution in [0.4, 0.5) is 0 Å². The third-order valence-corrected chi connectivity index (χ3v) is 5.99. The van der Waals surface area contributed by atoms with Crippen LogP contribution in [-0.2, 0) is 4.79 Å². The molecule has 0 aliphatic carbocycles. The Bertz CT molecular complexity index is 653. The Balaban J connectivity index is 1.43. The van der Waals surface area contributed by atoms with Gasteiger partial charge in [-0.25, -0.2) is 0 Å². The topological polar surface area (TPSA) is 59.6 Å². The summed E-state index contributed by atoms with van der Waals surface area (Å²) < 4.78 is 0. The normalized spacial score (nSPS) is 19.5. The number of nitrogens with zero attached hydrogens (tertiary/aromatic N) is 3. The SMILES string of the molecule is CCCN1CCN(C(=O)CC2CCN(C(=O)c3[nH]c(C)cc3C)CC2)CC1. The molecule has 3 rings (SSSR count). The molecule has 0 atom stereocenters. The number of amides is 2. The molecule has 2 fully saturated rings. The summed E-state index contributed by atoms with van der Waals surface area (Å²) in [6, 6.07) is 2.01. The maximum absolute atomic E-state index is 12.7. The molecule has 1 aromatic rings. The number of rotatable bonds is 5. The second-order valence-electron chi connectivity index (χ2n) is 8.17. The lowest BCUT2D eigenvalue weighted by molar-refractivity contribution is -0.134. The number of likely N-dealkylation sites (tertiary alicyclic amines) is 1. The Morgan fingerprint density at radius 2 is 1.70 bits per heavy atom. The molecule has 2 saturated heterocycles. The van der Waals surface area contributed by atoms with Crippen molar-refractivity contribution in [1.82, 2.24) is 19.7 Å². The predicted molar refractivity (Wildman–Crippen MR) is 107 cm³/mol. The number of aryl methyl sites for hydroxylation is 2. The smallest absolute Gasteiger partial charge is 0.270 e. The van der Waals surface area contributed by atoms with Crippen molar-refractivity contribution in [2.45, 2.75) is 46.5 Å². The summed E-state index contributed by atoms with van der Waals surface area (Å²) in [5, 5.41) is 0. The molecular weight excluding hydrogens is 340 g/mol. The number of aromatic nitrogens is 1. The monoisotopic (exact) mass is 374 g/mol. The molecule has 27 heavy (non-hydrogen) atoms. The number of H-pyrrole nitrogens is 1. The molecule has 6 heteroatoms. The molecule has 150 valence electrons. The number of aromatic amines is 1. The molecule has 0 aromatic carbocycles. The minimum absolute atomic E-state index is 0.0948. The van der Waals surface area contributed by atoms with Gasteiger partial charge in [0.15, 0.2) is 0 Å². The molecule has 1 aromatic heterocycles. The lowest BCUT2D eigenvalue weighted by atomic mass is 9.92. The molecule has 0 unspecified atom stereocenters. The third kappa shape index (κ3) is 4.92. The zero-order chi connectivity index (χ0) is 19.4. The Hall–Kier alpha value is -1.82. The average molecular weight is 375 g/mol. The van der Waals surface area contributed by atoms with Gasteiger partial charge in [-0.2, -0.15) is 0 Å². The molecular formula is C21H34N4O2. The maximum Gasteiger partial charge on any atom is 0.270 e. The second kappa shape index (κ2) is 8.91. The fraction of sp³-hybridized carbons (Fsp3) is 0.714. The van der Waals surface area contributed by atoms with Gasteiger partial charge in [0.1, 0.15) is 5.69 Å². The van der Waals surface area contributed by atoms with E-state index in [0.29, 0.717) is 23.9 Å². The summed E-state index contributed by atoms with van der Waals surface area (Å²) in [7, 11) is 0. The Labute approximate surface area is 162 Å². The van der Waals surface area contributed by atoms with Gasteiger partial charge < -0.3 is 14.8 Å². The van der Waals surface area contributed by atoms with E-state index in [9.17, 15) is 9.59 Å². The highest BCUT2D eigenvalue weighted by Gasteiger charge is 2.28. The van der Waals surface area contributed by atoms with Crippen molar-refractivity contribution in [2.24, 2.45) is 5.92 Å². The fourth-order valence-electron chi connectivity index (χ4n) is 4.36. The van der Waals surface area contributed by atoms with E-state index in [2.05, 4.69) is 16.8 Å². The fourth-order valence-corrected chi connectivity index (χ4v) is 4.36. The summed E-state index contributed by atoms with van der Waals surface area (Å²) in [5.41, 5.74) is 2.75. The van der Waals surface area contributed by atoms with E-state index in [0.717, 1.165) is 69.9 Å². The van der Waals surface area contributed by atoms with E-state index in [1.165, 1.54) is 6.42 Å². The third-order valence-electron chi connectivity index (χ3n) is 5.99. The van der Waals surface area contributed by atoms with E-state index >= 15 is 0 Å². The number of carbonyl (C=O) groups excluding carboxylic acids is 2. The van der Waals surface area contributed by atoms with Crippen LogP contribution >= 0.6 is 0 Å².